The van der Waals surface area contributed by atoms with Gasteiger partial charge in [0, 0.05) is 46.0 Å². The fourth-order valence-electron chi connectivity index (χ4n) is 6.11. The topological polar surface area (TPSA) is 49.2 Å². The number of aromatic nitrogens is 3. The molecule has 0 radical (unpaired) electrons. The maximum Gasteiger partial charge on any atom is 0.149 e. The molecule has 5 nitrogen and oxygen atoms in total. The molecule has 1 aliphatic rings. The predicted molar refractivity (Wildman–Crippen MR) is 167 cm³/mol. The summed E-state index contributed by atoms with van der Waals surface area (Å²) in [5.74, 6) is 3.25. The lowest BCUT2D eigenvalue weighted by Crippen LogP contribution is -2.24. The Kier molecular flexibility index (Phi) is 5.41. The van der Waals surface area contributed by atoms with Gasteiger partial charge < -0.3 is 9.47 Å². The second-order valence-electron chi connectivity index (χ2n) is 11.1. The summed E-state index contributed by atoms with van der Waals surface area (Å²) >= 11 is 0. The van der Waals surface area contributed by atoms with Gasteiger partial charge in [0.05, 0.1) is 22.3 Å². The highest BCUT2D eigenvalue weighted by Gasteiger charge is 2.36. The van der Waals surface area contributed by atoms with E-state index in [4.69, 9.17) is 14.5 Å². The molecule has 0 unspecified atom stereocenters. The number of para-hydroxylation sites is 2. The third kappa shape index (κ3) is 3.78. The molecule has 0 fully saturated rings. The minimum atomic E-state index is -0.244. The Morgan fingerprint density at radius 2 is 1.50 bits per heavy atom. The summed E-state index contributed by atoms with van der Waals surface area (Å²) in [7, 11) is 0. The van der Waals surface area contributed by atoms with Crippen LogP contribution in [0.25, 0.3) is 38.9 Å². The van der Waals surface area contributed by atoms with E-state index in [0.29, 0.717) is 0 Å². The van der Waals surface area contributed by atoms with Gasteiger partial charge in [-0.3, -0.25) is 9.55 Å². The van der Waals surface area contributed by atoms with Crippen LogP contribution >= 0.6 is 0 Å². The van der Waals surface area contributed by atoms with Crippen molar-refractivity contribution in [3.8, 4) is 39.9 Å². The monoisotopic (exact) mass is 545 g/mol. The van der Waals surface area contributed by atoms with E-state index in [9.17, 15) is 0 Å². The molecular formula is C37H27N3O2. The summed E-state index contributed by atoms with van der Waals surface area (Å²) < 4.78 is 15.2. The van der Waals surface area contributed by atoms with Crippen LogP contribution in [0.4, 0.5) is 0 Å². The lowest BCUT2D eigenvalue weighted by Gasteiger charge is -2.34. The number of ether oxygens (including phenoxy) is 2. The maximum absolute atomic E-state index is 6.65. The van der Waals surface area contributed by atoms with Crippen molar-refractivity contribution < 1.29 is 9.47 Å². The molecular weight excluding hydrogens is 518 g/mol. The van der Waals surface area contributed by atoms with Gasteiger partial charge in [-0.25, -0.2) is 4.98 Å². The van der Waals surface area contributed by atoms with Crippen LogP contribution in [0.3, 0.4) is 0 Å². The molecule has 4 heterocycles. The highest BCUT2D eigenvalue weighted by atomic mass is 16.5. The van der Waals surface area contributed by atoms with E-state index >= 15 is 0 Å². The normalized spacial score (nSPS) is 13.4. The number of nitrogens with zero attached hydrogens (tertiary/aromatic N) is 3. The average Bonchev–Trinajstić information content (AvgIpc) is 3.37. The molecule has 4 aromatic carbocycles. The Morgan fingerprint density at radius 3 is 2.38 bits per heavy atom. The summed E-state index contributed by atoms with van der Waals surface area (Å²) in [6.07, 6.45) is 3.78. The van der Waals surface area contributed by atoms with Crippen molar-refractivity contribution in [2.75, 3.05) is 0 Å². The number of hydrogen-bond acceptors (Lipinski definition) is 4. The van der Waals surface area contributed by atoms with Crippen molar-refractivity contribution in [2.45, 2.75) is 19.3 Å². The molecule has 0 amide bonds. The van der Waals surface area contributed by atoms with Crippen LogP contribution in [0.15, 0.2) is 128 Å². The molecule has 0 bridgehead atoms. The lowest BCUT2D eigenvalue weighted by atomic mass is 9.76. The van der Waals surface area contributed by atoms with E-state index in [0.717, 1.165) is 67.4 Å². The zero-order valence-corrected chi connectivity index (χ0v) is 23.3. The van der Waals surface area contributed by atoms with Crippen molar-refractivity contribution in [1.82, 2.24) is 14.5 Å². The summed E-state index contributed by atoms with van der Waals surface area (Å²) in [6.45, 7) is 4.48. The molecule has 3 aromatic heterocycles. The molecule has 0 atom stereocenters. The van der Waals surface area contributed by atoms with Gasteiger partial charge in [0.2, 0.25) is 0 Å². The van der Waals surface area contributed by atoms with Gasteiger partial charge in [-0.05, 0) is 48.5 Å². The van der Waals surface area contributed by atoms with Crippen LogP contribution in [-0.2, 0) is 5.41 Å². The number of benzene rings is 4. The summed E-state index contributed by atoms with van der Waals surface area (Å²) in [5, 5.41) is 2.11. The number of hydrogen-bond donors (Lipinski definition) is 0. The van der Waals surface area contributed by atoms with Crippen molar-refractivity contribution >= 4 is 21.9 Å². The van der Waals surface area contributed by atoms with Gasteiger partial charge in [-0.15, -0.1) is 0 Å². The highest BCUT2D eigenvalue weighted by molar-refractivity contribution is 6.11. The Labute approximate surface area is 243 Å². The van der Waals surface area contributed by atoms with Crippen LogP contribution in [0.1, 0.15) is 25.0 Å². The SMILES string of the molecule is CC1(C)c2ccccc2Oc2c1cnc1c2c2ccccc2n1-c1cccc(Oc2cccc(-c3ccccn3)c2)c1. The first-order valence-electron chi connectivity index (χ1n) is 14.1. The summed E-state index contributed by atoms with van der Waals surface area (Å²) in [5.41, 5.74) is 6.78. The Bertz CT molecular complexity index is 2130. The van der Waals surface area contributed by atoms with Gasteiger partial charge in [-0.1, -0.05) is 74.5 Å². The fraction of sp³-hybridized carbons (Fsp3) is 0.0811. The fourth-order valence-corrected chi connectivity index (χ4v) is 6.11. The smallest absolute Gasteiger partial charge is 0.149 e. The van der Waals surface area contributed by atoms with Crippen molar-refractivity contribution in [1.29, 1.82) is 0 Å². The molecule has 0 spiro atoms. The van der Waals surface area contributed by atoms with Crippen LogP contribution in [0.2, 0.25) is 0 Å². The largest absolute Gasteiger partial charge is 0.457 e. The van der Waals surface area contributed by atoms with E-state index in [1.807, 2.05) is 66.9 Å². The van der Waals surface area contributed by atoms with Gasteiger partial charge in [0.25, 0.3) is 0 Å². The standard InChI is InChI=1S/C37H27N3O2/c1-37(2)29-16-4-6-19-33(29)42-35-30(37)23-39-36-34(35)28-15-3-5-18-32(28)40(36)25-12-10-14-27(22-25)41-26-13-9-11-24(21-26)31-17-7-8-20-38-31/h3-23H,1-2H3. The predicted octanol–water partition coefficient (Wildman–Crippen LogP) is 9.46. The molecule has 0 N–H and O–H groups in total. The van der Waals surface area contributed by atoms with E-state index in [2.05, 4.69) is 78.0 Å². The molecule has 5 heteroatoms. The first-order valence-corrected chi connectivity index (χ1v) is 14.1. The Balaban J connectivity index is 1.26. The third-order valence-corrected chi connectivity index (χ3v) is 8.19. The van der Waals surface area contributed by atoms with Gasteiger partial charge in [0.1, 0.15) is 28.6 Å². The maximum atomic E-state index is 6.65. The van der Waals surface area contributed by atoms with Crippen molar-refractivity contribution in [3.05, 3.63) is 139 Å². The van der Waals surface area contributed by atoms with Crippen LogP contribution in [0, 0.1) is 0 Å². The van der Waals surface area contributed by atoms with Gasteiger partial charge in [-0.2, -0.15) is 0 Å². The van der Waals surface area contributed by atoms with Crippen LogP contribution < -0.4 is 9.47 Å². The lowest BCUT2D eigenvalue weighted by molar-refractivity contribution is 0.422. The first-order chi connectivity index (χ1) is 20.6. The third-order valence-electron chi connectivity index (χ3n) is 8.19. The number of pyridine rings is 2. The van der Waals surface area contributed by atoms with E-state index in [-0.39, 0.29) is 5.41 Å². The Morgan fingerprint density at radius 1 is 0.714 bits per heavy atom. The molecule has 8 rings (SSSR count). The number of rotatable bonds is 4. The molecule has 202 valence electrons. The van der Waals surface area contributed by atoms with Crippen LogP contribution in [-0.4, -0.2) is 14.5 Å². The van der Waals surface area contributed by atoms with Crippen molar-refractivity contribution in [2.24, 2.45) is 0 Å². The van der Waals surface area contributed by atoms with Gasteiger partial charge >= 0.3 is 0 Å². The molecule has 7 aromatic rings. The minimum Gasteiger partial charge on any atom is -0.457 e. The zero-order chi connectivity index (χ0) is 28.3. The number of fused-ring (bicyclic) bond motifs is 6. The molecule has 0 saturated carbocycles. The Hall–Kier alpha value is -5.42. The molecule has 42 heavy (non-hydrogen) atoms. The molecule has 0 aliphatic carbocycles. The van der Waals surface area contributed by atoms with E-state index < -0.39 is 0 Å². The van der Waals surface area contributed by atoms with E-state index in [1.54, 1.807) is 6.20 Å². The highest BCUT2D eigenvalue weighted by Crippen LogP contribution is 2.51. The summed E-state index contributed by atoms with van der Waals surface area (Å²) in [6, 6.07) is 38.7. The average molecular weight is 546 g/mol. The summed E-state index contributed by atoms with van der Waals surface area (Å²) in [4.78, 5) is 9.55. The zero-order valence-electron chi connectivity index (χ0n) is 23.3. The minimum absolute atomic E-state index is 0.244. The quantitative estimate of drug-likeness (QED) is 0.221. The van der Waals surface area contributed by atoms with Crippen molar-refractivity contribution in [3.63, 3.8) is 0 Å². The first kappa shape index (κ1) is 24.4. The molecule has 1 aliphatic heterocycles. The molecule has 0 saturated heterocycles. The second kappa shape index (κ2) is 9.32. The van der Waals surface area contributed by atoms with Gasteiger partial charge in [0.15, 0.2) is 0 Å². The van der Waals surface area contributed by atoms with Crippen LogP contribution in [0.5, 0.6) is 23.0 Å². The second-order valence-corrected chi connectivity index (χ2v) is 11.1. The van der Waals surface area contributed by atoms with E-state index in [1.165, 1.54) is 5.56 Å².